The molecule has 1 aromatic carbocycles. The van der Waals surface area contributed by atoms with E-state index < -0.39 is 0 Å². The summed E-state index contributed by atoms with van der Waals surface area (Å²) >= 11 is 3.99. The first-order valence-electron chi connectivity index (χ1n) is 7.04. The van der Waals surface area contributed by atoms with Gasteiger partial charge in [-0.2, -0.15) is 0 Å². The molecule has 0 bridgehead atoms. The summed E-state index contributed by atoms with van der Waals surface area (Å²) in [6, 6.07) is 8.13. The van der Waals surface area contributed by atoms with Crippen LogP contribution in [0.25, 0.3) is 0 Å². The van der Waals surface area contributed by atoms with E-state index in [0.29, 0.717) is 11.1 Å². The predicted molar refractivity (Wildman–Crippen MR) is 89.3 cm³/mol. The molecule has 1 atom stereocenters. The molecule has 0 radical (unpaired) electrons. The van der Waals surface area contributed by atoms with Crippen LogP contribution < -0.4 is 11.1 Å². The molecule has 1 aliphatic heterocycles. The third-order valence-electron chi connectivity index (χ3n) is 3.16. The van der Waals surface area contributed by atoms with Crippen LogP contribution in [0.4, 0.5) is 0 Å². The van der Waals surface area contributed by atoms with E-state index in [9.17, 15) is 4.79 Å². The van der Waals surface area contributed by atoms with E-state index in [1.165, 1.54) is 23.5 Å². The quantitative estimate of drug-likeness (QED) is 0.878. The fourth-order valence-electron chi connectivity index (χ4n) is 1.99. The van der Waals surface area contributed by atoms with Crippen molar-refractivity contribution in [2.24, 2.45) is 5.73 Å². The molecule has 20 heavy (non-hydrogen) atoms. The molecule has 110 valence electrons. The Kier molecular flexibility index (Phi) is 6.26. The second kappa shape index (κ2) is 7.96. The number of benzene rings is 1. The summed E-state index contributed by atoms with van der Waals surface area (Å²) in [5, 5.41) is 2.90. The minimum atomic E-state index is -0.0128. The van der Waals surface area contributed by atoms with Crippen LogP contribution in [0.5, 0.6) is 0 Å². The Morgan fingerprint density at radius 2 is 2.00 bits per heavy atom. The van der Waals surface area contributed by atoms with Crippen molar-refractivity contribution in [2.75, 3.05) is 18.1 Å². The third kappa shape index (κ3) is 4.72. The van der Waals surface area contributed by atoms with Crippen molar-refractivity contribution < 1.29 is 4.79 Å². The highest BCUT2D eigenvalue weighted by Crippen LogP contribution is 2.43. The monoisotopic (exact) mass is 310 g/mol. The van der Waals surface area contributed by atoms with Crippen molar-refractivity contribution in [1.82, 2.24) is 5.32 Å². The van der Waals surface area contributed by atoms with Gasteiger partial charge in [-0.05, 0) is 49.0 Å². The molecular formula is C15H22N2OS2. The summed E-state index contributed by atoms with van der Waals surface area (Å²) in [6.07, 6.45) is 2.10. The van der Waals surface area contributed by atoms with Gasteiger partial charge < -0.3 is 11.1 Å². The van der Waals surface area contributed by atoms with Crippen molar-refractivity contribution in [3.8, 4) is 0 Å². The van der Waals surface area contributed by atoms with Gasteiger partial charge in [0.05, 0.1) is 4.58 Å². The lowest BCUT2D eigenvalue weighted by molar-refractivity contribution is 0.0953. The Bertz CT molecular complexity index is 428. The number of thioether (sulfide) groups is 2. The Morgan fingerprint density at radius 3 is 2.60 bits per heavy atom. The summed E-state index contributed by atoms with van der Waals surface area (Å²) in [4.78, 5) is 12.0. The van der Waals surface area contributed by atoms with E-state index in [1.807, 2.05) is 42.6 Å². The van der Waals surface area contributed by atoms with Gasteiger partial charge in [-0.1, -0.05) is 12.1 Å². The number of nitrogens with two attached hydrogens (primary N) is 1. The summed E-state index contributed by atoms with van der Waals surface area (Å²) in [7, 11) is 0. The molecule has 2 rings (SSSR count). The van der Waals surface area contributed by atoms with Crippen molar-refractivity contribution >= 4 is 29.4 Å². The largest absolute Gasteiger partial charge is 0.352 e. The average molecular weight is 310 g/mol. The summed E-state index contributed by atoms with van der Waals surface area (Å²) in [6.45, 7) is 2.58. The molecular weight excluding hydrogens is 288 g/mol. The van der Waals surface area contributed by atoms with Gasteiger partial charge in [0.2, 0.25) is 0 Å². The summed E-state index contributed by atoms with van der Waals surface area (Å²) in [5.74, 6) is 2.45. The van der Waals surface area contributed by atoms with Gasteiger partial charge >= 0.3 is 0 Å². The average Bonchev–Trinajstić information content (AvgIpc) is 2.48. The summed E-state index contributed by atoms with van der Waals surface area (Å²) < 4.78 is 0.527. The molecule has 1 amide bonds. The highest BCUT2D eigenvalue weighted by Gasteiger charge is 2.16. The Hall–Kier alpha value is -0.650. The van der Waals surface area contributed by atoms with Crippen molar-refractivity contribution in [3.05, 3.63) is 35.4 Å². The van der Waals surface area contributed by atoms with E-state index in [4.69, 9.17) is 5.73 Å². The zero-order valence-corrected chi connectivity index (χ0v) is 13.4. The number of carbonyl (C=O) groups excluding carboxylic acids is 1. The van der Waals surface area contributed by atoms with Gasteiger partial charge in [0.1, 0.15) is 0 Å². The van der Waals surface area contributed by atoms with Gasteiger partial charge in [-0.3, -0.25) is 4.79 Å². The van der Waals surface area contributed by atoms with E-state index in [-0.39, 0.29) is 11.9 Å². The van der Waals surface area contributed by atoms with E-state index in [1.54, 1.807) is 0 Å². The second-order valence-electron chi connectivity index (χ2n) is 5.07. The fourth-order valence-corrected chi connectivity index (χ4v) is 4.88. The molecule has 1 saturated heterocycles. The first kappa shape index (κ1) is 15.7. The molecule has 0 spiro atoms. The van der Waals surface area contributed by atoms with Crippen LogP contribution in [0.3, 0.4) is 0 Å². The fraction of sp³-hybridized carbons (Fsp3) is 0.533. The molecule has 1 fully saturated rings. The maximum atomic E-state index is 12.0. The standard InChI is InChI=1S/C15H22N2OS2/c1-11(16)7-8-17-14(18)12-3-5-13(6-4-12)15-19-9-2-10-20-15/h3-6,11,15H,2,7-10,16H2,1H3,(H,17,18). The normalized spacial score (nSPS) is 17.7. The number of hydrogen-bond donors (Lipinski definition) is 2. The molecule has 3 N–H and O–H groups in total. The topological polar surface area (TPSA) is 55.1 Å². The van der Waals surface area contributed by atoms with Gasteiger partial charge in [0, 0.05) is 18.2 Å². The Balaban J connectivity index is 1.88. The van der Waals surface area contributed by atoms with Crippen LogP contribution in [0, 0.1) is 0 Å². The van der Waals surface area contributed by atoms with Crippen molar-refractivity contribution in [3.63, 3.8) is 0 Å². The first-order valence-corrected chi connectivity index (χ1v) is 9.13. The molecule has 0 aromatic heterocycles. The van der Waals surface area contributed by atoms with Crippen molar-refractivity contribution in [1.29, 1.82) is 0 Å². The Morgan fingerprint density at radius 1 is 1.35 bits per heavy atom. The number of rotatable bonds is 5. The molecule has 1 aromatic rings. The number of nitrogens with one attached hydrogen (secondary N) is 1. The van der Waals surface area contributed by atoms with Crippen LogP contribution >= 0.6 is 23.5 Å². The smallest absolute Gasteiger partial charge is 0.251 e. The highest BCUT2D eigenvalue weighted by molar-refractivity contribution is 8.16. The molecule has 1 heterocycles. The molecule has 1 aliphatic rings. The lowest BCUT2D eigenvalue weighted by atomic mass is 10.1. The summed E-state index contributed by atoms with van der Waals surface area (Å²) in [5.41, 5.74) is 7.70. The number of amides is 1. The van der Waals surface area contributed by atoms with Crippen LogP contribution in [-0.2, 0) is 0 Å². The molecule has 3 nitrogen and oxygen atoms in total. The number of carbonyl (C=O) groups is 1. The lowest BCUT2D eigenvalue weighted by Gasteiger charge is -2.21. The molecule has 1 unspecified atom stereocenters. The third-order valence-corrected chi connectivity index (χ3v) is 6.17. The highest BCUT2D eigenvalue weighted by atomic mass is 32.2. The van der Waals surface area contributed by atoms with Crippen LogP contribution in [0.15, 0.2) is 24.3 Å². The molecule has 0 aliphatic carbocycles. The lowest BCUT2D eigenvalue weighted by Crippen LogP contribution is -2.28. The van der Waals surface area contributed by atoms with Crippen LogP contribution in [0.2, 0.25) is 0 Å². The maximum Gasteiger partial charge on any atom is 0.251 e. The minimum absolute atomic E-state index is 0.0128. The van der Waals surface area contributed by atoms with E-state index in [0.717, 1.165) is 12.0 Å². The maximum absolute atomic E-state index is 12.0. The zero-order chi connectivity index (χ0) is 14.4. The Labute approximate surface area is 129 Å². The first-order chi connectivity index (χ1) is 9.66. The van der Waals surface area contributed by atoms with Crippen LogP contribution in [0.1, 0.15) is 40.3 Å². The van der Waals surface area contributed by atoms with Gasteiger partial charge in [0.15, 0.2) is 0 Å². The number of hydrogen-bond acceptors (Lipinski definition) is 4. The second-order valence-corrected chi connectivity index (χ2v) is 7.80. The van der Waals surface area contributed by atoms with Gasteiger partial charge in [-0.25, -0.2) is 0 Å². The molecule has 0 saturated carbocycles. The van der Waals surface area contributed by atoms with Crippen LogP contribution in [-0.4, -0.2) is 30.0 Å². The van der Waals surface area contributed by atoms with Gasteiger partial charge in [-0.15, -0.1) is 23.5 Å². The van der Waals surface area contributed by atoms with E-state index in [2.05, 4.69) is 17.4 Å². The zero-order valence-electron chi connectivity index (χ0n) is 11.8. The minimum Gasteiger partial charge on any atom is -0.352 e. The SMILES string of the molecule is CC(N)CCNC(=O)c1ccc(C2SCCCS2)cc1. The molecule has 5 heteroatoms. The van der Waals surface area contributed by atoms with E-state index >= 15 is 0 Å². The van der Waals surface area contributed by atoms with Crippen molar-refractivity contribution in [2.45, 2.75) is 30.4 Å². The predicted octanol–water partition coefficient (Wildman–Crippen LogP) is 3.02. The van der Waals surface area contributed by atoms with Gasteiger partial charge in [0.25, 0.3) is 5.91 Å².